The van der Waals surface area contributed by atoms with Gasteiger partial charge in [0.1, 0.15) is 0 Å². The van der Waals surface area contributed by atoms with E-state index in [1.54, 1.807) is 0 Å². The van der Waals surface area contributed by atoms with Gasteiger partial charge in [-0.15, -0.1) is 10.2 Å². The summed E-state index contributed by atoms with van der Waals surface area (Å²) in [5, 5.41) is 10.4. The van der Waals surface area contributed by atoms with Crippen molar-refractivity contribution in [2.24, 2.45) is 11.7 Å². The monoisotopic (exact) mass is 288 g/mol. The number of nitrogens with zero attached hydrogens (tertiary/aromatic N) is 2. The minimum Gasteiger partial charge on any atom is -0.423 e. The zero-order valence-electron chi connectivity index (χ0n) is 12.3. The second-order valence-corrected chi connectivity index (χ2v) is 5.04. The van der Waals surface area contributed by atoms with Gasteiger partial charge in [-0.25, -0.2) is 0 Å². The Morgan fingerprint density at radius 2 is 2.29 bits per heavy atom. The molecule has 112 valence electrons. The predicted molar refractivity (Wildman–Crippen MR) is 80.6 cm³/mol. The molecule has 0 saturated carbocycles. The molecule has 2 aromatic rings. The molecule has 0 spiro atoms. The number of carbonyl (C=O) groups excluding carboxylic acids is 1. The first-order chi connectivity index (χ1) is 10.1. The van der Waals surface area contributed by atoms with Crippen molar-refractivity contribution in [1.29, 1.82) is 0 Å². The van der Waals surface area contributed by atoms with Crippen molar-refractivity contribution >= 4 is 11.6 Å². The third-order valence-corrected chi connectivity index (χ3v) is 3.49. The van der Waals surface area contributed by atoms with Crippen LogP contribution in [0.4, 0.5) is 5.69 Å². The van der Waals surface area contributed by atoms with Gasteiger partial charge in [0, 0.05) is 17.7 Å². The topological polar surface area (TPSA) is 94.0 Å². The summed E-state index contributed by atoms with van der Waals surface area (Å²) in [4.78, 5) is 12.0. The van der Waals surface area contributed by atoms with Crippen LogP contribution in [0.3, 0.4) is 0 Å². The highest BCUT2D eigenvalue weighted by atomic mass is 16.4. The van der Waals surface area contributed by atoms with Gasteiger partial charge in [0.2, 0.25) is 18.2 Å². The summed E-state index contributed by atoms with van der Waals surface area (Å²) in [5.41, 5.74) is 8.19. The number of hydrogen-bond acceptors (Lipinski definition) is 5. The first-order valence-corrected chi connectivity index (χ1v) is 7.01. The molecule has 1 aromatic heterocycles. The molecular weight excluding hydrogens is 268 g/mol. The molecule has 21 heavy (non-hydrogen) atoms. The van der Waals surface area contributed by atoms with Crippen LogP contribution in [0.5, 0.6) is 0 Å². The van der Waals surface area contributed by atoms with Crippen LogP contribution in [0.2, 0.25) is 0 Å². The van der Waals surface area contributed by atoms with Crippen LogP contribution < -0.4 is 11.1 Å². The van der Waals surface area contributed by atoms with Crippen LogP contribution in [-0.2, 0) is 4.79 Å². The first kappa shape index (κ1) is 15.2. The minimum absolute atomic E-state index is 0.0130. The van der Waals surface area contributed by atoms with E-state index >= 15 is 0 Å². The summed E-state index contributed by atoms with van der Waals surface area (Å²) in [6.45, 7) is 4.49. The predicted octanol–water partition coefficient (Wildman–Crippen LogP) is 2.36. The van der Waals surface area contributed by atoms with Crippen molar-refractivity contribution in [2.45, 2.75) is 26.7 Å². The molecule has 0 radical (unpaired) electrons. The molecular formula is C15H20N4O2. The lowest BCUT2D eigenvalue weighted by molar-refractivity contribution is -0.117. The zero-order chi connectivity index (χ0) is 15.2. The largest absolute Gasteiger partial charge is 0.423 e. The number of aromatic nitrogens is 2. The van der Waals surface area contributed by atoms with Gasteiger partial charge >= 0.3 is 0 Å². The Balaban J connectivity index is 2.06. The highest BCUT2D eigenvalue weighted by Crippen LogP contribution is 2.23. The van der Waals surface area contributed by atoms with Gasteiger partial charge < -0.3 is 15.5 Å². The molecule has 0 saturated heterocycles. The SMILES string of the molecule is CCC(CN)CC(=O)Nc1ccc(-c2nnco2)cc1C. The molecule has 1 aromatic carbocycles. The highest BCUT2D eigenvalue weighted by molar-refractivity contribution is 5.92. The lowest BCUT2D eigenvalue weighted by atomic mass is 10.0. The van der Waals surface area contributed by atoms with E-state index in [9.17, 15) is 4.79 Å². The zero-order valence-corrected chi connectivity index (χ0v) is 12.3. The summed E-state index contributed by atoms with van der Waals surface area (Å²) in [5.74, 6) is 0.675. The number of benzene rings is 1. The van der Waals surface area contributed by atoms with Gasteiger partial charge in [-0.3, -0.25) is 4.79 Å². The molecule has 0 aliphatic heterocycles. The van der Waals surface area contributed by atoms with Gasteiger partial charge in [0.05, 0.1) is 0 Å². The highest BCUT2D eigenvalue weighted by Gasteiger charge is 2.12. The Morgan fingerprint density at radius 3 is 2.86 bits per heavy atom. The van der Waals surface area contributed by atoms with Crippen molar-refractivity contribution in [3.63, 3.8) is 0 Å². The maximum Gasteiger partial charge on any atom is 0.247 e. The summed E-state index contributed by atoms with van der Waals surface area (Å²) >= 11 is 0. The van der Waals surface area contributed by atoms with E-state index in [1.807, 2.05) is 32.0 Å². The van der Waals surface area contributed by atoms with Crippen molar-refractivity contribution in [2.75, 3.05) is 11.9 Å². The van der Waals surface area contributed by atoms with Crippen molar-refractivity contribution in [3.05, 3.63) is 30.2 Å². The summed E-state index contributed by atoms with van der Waals surface area (Å²) in [7, 11) is 0. The first-order valence-electron chi connectivity index (χ1n) is 7.01. The fourth-order valence-corrected chi connectivity index (χ4v) is 2.09. The molecule has 0 aliphatic carbocycles. The number of nitrogens with one attached hydrogen (secondary N) is 1. The Kier molecular flexibility index (Phi) is 5.05. The van der Waals surface area contributed by atoms with Crippen LogP contribution in [0.25, 0.3) is 11.5 Å². The number of anilines is 1. The number of aryl methyl sites for hydroxylation is 1. The lowest BCUT2D eigenvalue weighted by Crippen LogP contribution is -2.22. The van der Waals surface area contributed by atoms with Crippen molar-refractivity contribution < 1.29 is 9.21 Å². The van der Waals surface area contributed by atoms with Crippen molar-refractivity contribution in [1.82, 2.24) is 10.2 Å². The number of carbonyl (C=O) groups is 1. The van der Waals surface area contributed by atoms with Crippen LogP contribution in [0, 0.1) is 12.8 Å². The smallest absolute Gasteiger partial charge is 0.247 e. The maximum absolute atomic E-state index is 12.0. The molecule has 6 nitrogen and oxygen atoms in total. The Hall–Kier alpha value is -2.21. The van der Waals surface area contributed by atoms with Crippen molar-refractivity contribution in [3.8, 4) is 11.5 Å². The maximum atomic E-state index is 12.0. The number of rotatable bonds is 6. The van der Waals surface area contributed by atoms with E-state index < -0.39 is 0 Å². The lowest BCUT2D eigenvalue weighted by Gasteiger charge is -2.13. The molecule has 2 rings (SSSR count). The molecule has 3 N–H and O–H groups in total. The molecule has 0 aliphatic rings. The Bertz CT molecular complexity index is 592. The van der Waals surface area contributed by atoms with E-state index in [0.29, 0.717) is 18.9 Å². The van der Waals surface area contributed by atoms with Gasteiger partial charge in [-0.2, -0.15) is 0 Å². The van der Waals surface area contributed by atoms with Gasteiger partial charge in [-0.1, -0.05) is 13.3 Å². The molecule has 0 bridgehead atoms. The van der Waals surface area contributed by atoms with Gasteiger partial charge in [-0.05, 0) is 43.1 Å². The van der Waals surface area contributed by atoms with Crippen LogP contribution in [0.1, 0.15) is 25.3 Å². The normalized spacial score (nSPS) is 12.1. The second kappa shape index (κ2) is 6.99. The average Bonchev–Trinajstić information content (AvgIpc) is 3.01. The number of hydrogen-bond donors (Lipinski definition) is 2. The van der Waals surface area contributed by atoms with Crippen LogP contribution in [-0.4, -0.2) is 22.6 Å². The molecule has 1 heterocycles. The summed E-state index contributed by atoms with van der Waals surface area (Å²) < 4.78 is 5.15. The average molecular weight is 288 g/mol. The Labute approximate surface area is 123 Å². The quantitative estimate of drug-likeness (QED) is 0.851. The van der Waals surface area contributed by atoms with E-state index in [2.05, 4.69) is 15.5 Å². The van der Waals surface area contributed by atoms with E-state index in [1.165, 1.54) is 6.39 Å². The number of nitrogens with two attached hydrogens (primary N) is 1. The fourth-order valence-electron chi connectivity index (χ4n) is 2.09. The fraction of sp³-hybridized carbons (Fsp3) is 0.400. The minimum atomic E-state index is -0.0130. The summed E-state index contributed by atoms with van der Waals surface area (Å²) in [6.07, 6.45) is 2.63. The molecule has 1 unspecified atom stereocenters. The number of amides is 1. The molecule has 0 fully saturated rings. The van der Waals surface area contributed by atoms with Crippen LogP contribution >= 0.6 is 0 Å². The Morgan fingerprint density at radius 1 is 1.48 bits per heavy atom. The molecule has 1 amide bonds. The van der Waals surface area contributed by atoms with Crippen LogP contribution in [0.15, 0.2) is 29.0 Å². The standard InChI is InChI=1S/C15H20N4O2/c1-3-11(8-16)7-14(20)18-13-5-4-12(6-10(13)2)15-19-17-9-21-15/h4-6,9,11H,3,7-8,16H2,1-2H3,(H,18,20). The third kappa shape index (κ3) is 3.88. The van der Waals surface area contributed by atoms with Gasteiger partial charge in [0.15, 0.2) is 0 Å². The molecule has 1 atom stereocenters. The van der Waals surface area contributed by atoms with Gasteiger partial charge in [0.25, 0.3) is 0 Å². The van der Waals surface area contributed by atoms with E-state index in [4.69, 9.17) is 10.2 Å². The summed E-state index contributed by atoms with van der Waals surface area (Å²) in [6, 6.07) is 5.59. The van der Waals surface area contributed by atoms with E-state index in [0.717, 1.165) is 23.2 Å². The molecule has 6 heteroatoms. The second-order valence-electron chi connectivity index (χ2n) is 5.04. The third-order valence-electron chi connectivity index (χ3n) is 3.49. The van der Waals surface area contributed by atoms with E-state index in [-0.39, 0.29) is 11.8 Å².